The van der Waals surface area contributed by atoms with Crippen LogP contribution in [-0.4, -0.2) is 27.9 Å². The summed E-state index contributed by atoms with van der Waals surface area (Å²) in [7, 11) is 1.68. The molecule has 0 spiro atoms. The third-order valence-electron chi connectivity index (χ3n) is 5.46. The van der Waals surface area contributed by atoms with Gasteiger partial charge in [-0.05, 0) is 36.2 Å². The van der Waals surface area contributed by atoms with E-state index in [0.717, 1.165) is 24.2 Å². The third kappa shape index (κ3) is 4.10. The first-order valence-electron chi connectivity index (χ1n) is 10.1. The summed E-state index contributed by atoms with van der Waals surface area (Å²) in [5.41, 5.74) is 2.41. The highest BCUT2D eigenvalue weighted by atomic mass is 16.2. The van der Waals surface area contributed by atoms with Gasteiger partial charge in [0.25, 0.3) is 5.56 Å². The Morgan fingerprint density at radius 2 is 1.87 bits per heavy atom. The second-order valence-corrected chi connectivity index (χ2v) is 7.50. The lowest BCUT2D eigenvalue weighted by Gasteiger charge is -2.16. The third-order valence-corrected chi connectivity index (χ3v) is 5.46. The van der Waals surface area contributed by atoms with Gasteiger partial charge in [0.2, 0.25) is 11.8 Å². The molecule has 2 aromatic carbocycles. The molecule has 3 aromatic rings. The number of benzene rings is 2. The Bertz CT molecular complexity index is 1150. The van der Waals surface area contributed by atoms with Crippen molar-refractivity contribution in [1.82, 2.24) is 14.9 Å². The van der Waals surface area contributed by atoms with E-state index in [4.69, 9.17) is 0 Å². The fourth-order valence-electron chi connectivity index (χ4n) is 3.72. The number of fused-ring (bicyclic) bond motifs is 1. The first-order chi connectivity index (χ1) is 14.5. The van der Waals surface area contributed by atoms with E-state index < -0.39 is 0 Å². The minimum absolute atomic E-state index is 0.101. The summed E-state index contributed by atoms with van der Waals surface area (Å²) in [5.74, 6) is 0.650. The van der Waals surface area contributed by atoms with Gasteiger partial charge < -0.3 is 10.2 Å². The smallest absolute Gasteiger partial charge is 0.261 e. The van der Waals surface area contributed by atoms with Crippen molar-refractivity contribution in [3.05, 3.63) is 70.3 Å². The van der Waals surface area contributed by atoms with Crippen LogP contribution >= 0.6 is 0 Å². The zero-order valence-electron chi connectivity index (χ0n) is 16.9. The molecule has 7 nitrogen and oxygen atoms in total. The van der Waals surface area contributed by atoms with E-state index in [1.54, 1.807) is 24.1 Å². The Morgan fingerprint density at radius 3 is 2.60 bits per heavy atom. The minimum Gasteiger partial charge on any atom is -0.352 e. The molecular formula is C23H24N4O3. The van der Waals surface area contributed by atoms with Gasteiger partial charge in [-0.3, -0.25) is 19.0 Å². The zero-order valence-corrected chi connectivity index (χ0v) is 16.9. The summed E-state index contributed by atoms with van der Waals surface area (Å²) in [6.45, 7) is 1.18. The molecule has 4 rings (SSSR count). The van der Waals surface area contributed by atoms with Gasteiger partial charge in [-0.1, -0.05) is 24.3 Å². The maximum Gasteiger partial charge on any atom is 0.261 e. The molecule has 1 aliphatic heterocycles. The number of carbonyl (C=O) groups excluding carboxylic acids is 2. The Hall–Kier alpha value is -3.48. The van der Waals surface area contributed by atoms with Crippen LogP contribution in [0.4, 0.5) is 5.69 Å². The van der Waals surface area contributed by atoms with Crippen molar-refractivity contribution in [2.75, 3.05) is 11.4 Å². The van der Waals surface area contributed by atoms with E-state index in [1.807, 2.05) is 36.4 Å². The average Bonchev–Trinajstić information content (AvgIpc) is 3.20. The number of anilines is 1. The monoisotopic (exact) mass is 404 g/mol. The number of hydrogen-bond donors (Lipinski definition) is 1. The standard InChI is InChI=1S/C23H24N4O3/c1-26-20(25-19-6-3-2-5-18(19)23(26)30)12-13-21(28)24-15-16-8-10-17(11-9-16)27-14-4-7-22(27)29/h2-3,5-6,8-11H,4,7,12-15H2,1H3,(H,24,28). The number of para-hydroxylation sites is 1. The lowest BCUT2D eigenvalue weighted by molar-refractivity contribution is -0.121. The molecular weight excluding hydrogens is 380 g/mol. The molecule has 154 valence electrons. The highest BCUT2D eigenvalue weighted by Crippen LogP contribution is 2.21. The summed E-state index contributed by atoms with van der Waals surface area (Å²) in [5, 5.41) is 3.48. The number of rotatable bonds is 6. The number of aromatic nitrogens is 2. The van der Waals surface area contributed by atoms with E-state index in [0.29, 0.717) is 36.1 Å². The predicted molar refractivity (Wildman–Crippen MR) is 115 cm³/mol. The van der Waals surface area contributed by atoms with Crippen LogP contribution in [0.2, 0.25) is 0 Å². The van der Waals surface area contributed by atoms with E-state index in [-0.39, 0.29) is 23.8 Å². The van der Waals surface area contributed by atoms with Crippen LogP contribution < -0.4 is 15.8 Å². The molecule has 1 aliphatic rings. The summed E-state index contributed by atoms with van der Waals surface area (Å²) in [6.07, 6.45) is 2.14. The summed E-state index contributed by atoms with van der Waals surface area (Å²) < 4.78 is 1.51. The van der Waals surface area contributed by atoms with Gasteiger partial charge in [0.05, 0.1) is 10.9 Å². The minimum atomic E-state index is -0.104. The van der Waals surface area contributed by atoms with Crippen LogP contribution in [0.3, 0.4) is 0 Å². The Morgan fingerprint density at radius 1 is 1.10 bits per heavy atom. The number of nitrogens with one attached hydrogen (secondary N) is 1. The maximum absolute atomic E-state index is 12.4. The molecule has 2 amide bonds. The largest absolute Gasteiger partial charge is 0.352 e. The lowest BCUT2D eigenvalue weighted by atomic mass is 10.2. The van der Waals surface area contributed by atoms with Crippen LogP contribution in [0.15, 0.2) is 53.3 Å². The number of amides is 2. The van der Waals surface area contributed by atoms with E-state index in [9.17, 15) is 14.4 Å². The molecule has 7 heteroatoms. The highest BCUT2D eigenvalue weighted by Gasteiger charge is 2.21. The molecule has 1 N–H and O–H groups in total. The molecule has 0 saturated carbocycles. The first kappa shape index (κ1) is 19.8. The first-order valence-corrected chi connectivity index (χ1v) is 10.1. The molecule has 30 heavy (non-hydrogen) atoms. The van der Waals surface area contributed by atoms with Crippen molar-refractivity contribution in [3.63, 3.8) is 0 Å². The molecule has 0 unspecified atom stereocenters. The summed E-state index contributed by atoms with van der Waals surface area (Å²) in [4.78, 5) is 42.9. The summed E-state index contributed by atoms with van der Waals surface area (Å²) in [6, 6.07) is 14.9. The lowest BCUT2D eigenvalue weighted by Crippen LogP contribution is -2.26. The maximum atomic E-state index is 12.4. The van der Waals surface area contributed by atoms with Crippen LogP contribution in [0.25, 0.3) is 10.9 Å². The second-order valence-electron chi connectivity index (χ2n) is 7.50. The molecule has 0 radical (unpaired) electrons. The van der Waals surface area contributed by atoms with E-state index >= 15 is 0 Å². The van der Waals surface area contributed by atoms with Crippen molar-refractivity contribution in [3.8, 4) is 0 Å². The molecule has 0 bridgehead atoms. The van der Waals surface area contributed by atoms with Gasteiger partial charge in [-0.15, -0.1) is 0 Å². The number of aryl methyl sites for hydroxylation is 1. The van der Waals surface area contributed by atoms with Crippen LogP contribution in [-0.2, 0) is 29.6 Å². The average molecular weight is 404 g/mol. The SMILES string of the molecule is Cn1c(CCC(=O)NCc2ccc(N3CCCC3=O)cc2)nc2ccccc2c1=O. The highest BCUT2D eigenvalue weighted by molar-refractivity contribution is 5.95. The molecule has 1 aromatic heterocycles. The van der Waals surface area contributed by atoms with Gasteiger partial charge in [0.1, 0.15) is 5.82 Å². The van der Waals surface area contributed by atoms with Gasteiger partial charge >= 0.3 is 0 Å². The zero-order chi connectivity index (χ0) is 21.1. The Balaban J connectivity index is 1.33. The molecule has 1 fully saturated rings. The van der Waals surface area contributed by atoms with Crippen molar-refractivity contribution in [2.24, 2.45) is 7.05 Å². The Kier molecular flexibility index (Phi) is 5.61. The van der Waals surface area contributed by atoms with Gasteiger partial charge in [-0.25, -0.2) is 4.98 Å². The van der Waals surface area contributed by atoms with Gasteiger partial charge in [-0.2, -0.15) is 0 Å². The van der Waals surface area contributed by atoms with Crippen molar-refractivity contribution in [1.29, 1.82) is 0 Å². The fourth-order valence-corrected chi connectivity index (χ4v) is 3.72. The molecule has 0 aliphatic carbocycles. The van der Waals surface area contributed by atoms with Crippen molar-refractivity contribution >= 4 is 28.4 Å². The second kappa shape index (κ2) is 8.49. The molecule has 1 saturated heterocycles. The number of carbonyl (C=O) groups is 2. The Labute approximate surface area is 174 Å². The quantitative estimate of drug-likeness (QED) is 0.683. The van der Waals surface area contributed by atoms with Crippen LogP contribution in [0.5, 0.6) is 0 Å². The number of nitrogens with zero attached hydrogens (tertiary/aromatic N) is 3. The van der Waals surface area contributed by atoms with Crippen molar-refractivity contribution in [2.45, 2.75) is 32.2 Å². The predicted octanol–water partition coefficient (Wildman–Crippen LogP) is 2.31. The molecule has 0 atom stereocenters. The topological polar surface area (TPSA) is 84.3 Å². The van der Waals surface area contributed by atoms with Crippen molar-refractivity contribution < 1.29 is 9.59 Å². The van der Waals surface area contributed by atoms with E-state index in [2.05, 4.69) is 10.3 Å². The fraction of sp³-hybridized carbons (Fsp3) is 0.304. The normalized spacial score (nSPS) is 13.8. The van der Waals surface area contributed by atoms with Crippen LogP contribution in [0.1, 0.15) is 30.7 Å². The van der Waals surface area contributed by atoms with Crippen LogP contribution in [0, 0.1) is 0 Å². The molecule has 2 heterocycles. The van der Waals surface area contributed by atoms with Gasteiger partial charge in [0.15, 0.2) is 0 Å². The summed E-state index contributed by atoms with van der Waals surface area (Å²) >= 11 is 0. The van der Waals surface area contributed by atoms with Gasteiger partial charge in [0, 0.05) is 45.1 Å². The number of hydrogen-bond acceptors (Lipinski definition) is 4. The van der Waals surface area contributed by atoms with E-state index in [1.165, 1.54) is 4.57 Å².